The van der Waals surface area contributed by atoms with E-state index in [0.717, 1.165) is 44.8 Å². The molecule has 2 rings (SSSR count). The molecule has 0 spiro atoms. The van der Waals surface area contributed by atoms with Gasteiger partial charge in [-0.3, -0.25) is 9.89 Å². The highest BCUT2D eigenvalue weighted by Crippen LogP contribution is 2.27. The van der Waals surface area contributed by atoms with Crippen LogP contribution in [0.4, 0.5) is 0 Å². The standard InChI is InChI=1S/C16H32N4O/c1-13(2)20(15-5-6-15)10-8-18-16(17-3)19-9-7-14(11-19)12-21-4/h13-15H,5-12H2,1-4H3,(H,17,18). The molecular formula is C16H32N4O. The van der Waals surface area contributed by atoms with Gasteiger partial charge in [-0.05, 0) is 33.1 Å². The number of hydrogen-bond acceptors (Lipinski definition) is 3. The molecule has 1 atom stereocenters. The van der Waals surface area contributed by atoms with E-state index in [1.807, 2.05) is 7.05 Å². The van der Waals surface area contributed by atoms with E-state index in [9.17, 15) is 0 Å². The van der Waals surface area contributed by atoms with Crippen LogP contribution in [0.3, 0.4) is 0 Å². The smallest absolute Gasteiger partial charge is 0.193 e. The van der Waals surface area contributed by atoms with Gasteiger partial charge in [0.1, 0.15) is 0 Å². The van der Waals surface area contributed by atoms with Crippen LogP contribution in [0.2, 0.25) is 0 Å². The molecule has 2 fully saturated rings. The van der Waals surface area contributed by atoms with Gasteiger partial charge in [-0.2, -0.15) is 0 Å². The normalized spacial score (nSPS) is 23.4. The molecule has 0 aromatic rings. The summed E-state index contributed by atoms with van der Waals surface area (Å²) in [5.41, 5.74) is 0. The summed E-state index contributed by atoms with van der Waals surface area (Å²) in [5, 5.41) is 3.54. The predicted molar refractivity (Wildman–Crippen MR) is 87.8 cm³/mol. The van der Waals surface area contributed by atoms with Crippen molar-refractivity contribution in [2.75, 3.05) is 46.9 Å². The number of guanidine groups is 1. The molecule has 0 bridgehead atoms. The van der Waals surface area contributed by atoms with Crippen molar-refractivity contribution >= 4 is 5.96 Å². The molecule has 2 aliphatic rings. The lowest BCUT2D eigenvalue weighted by Gasteiger charge is -2.28. The highest BCUT2D eigenvalue weighted by Gasteiger charge is 2.30. The number of methoxy groups -OCH3 is 1. The van der Waals surface area contributed by atoms with Crippen LogP contribution in [-0.4, -0.2) is 74.8 Å². The zero-order chi connectivity index (χ0) is 15.2. The molecule has 1 aliphatic carbocycles. The molecule has 0 aromatic heterocycles. The summed E-state index contributed by atoms with van der Waals surface area (Å²) in [6.45, 7) is 9.68. The van der Waals surface area contributed by atoms with Gasteiger partial charge in [0.05, 0.1) is 6.61 Å². The van der Waals surface area contributed by atoms with E-state index >= 15 is 0 Å². The van der Waals surface area contributed by atoms with Crippen molar-refractivity contribution < 1.29 is 4.74 Å². The maximum atomic E-state index is 5.27. The van der Waals surface area contributed by atoms with Crippen molar-refractivity contribution in [3.8, 4) is 0 Å². The molecular weight excluding hydrogens is 264 g/mol. The minimum atomic E-state index is 0.638. The van der Waals surface area contributed by atoms with Crippen molar-refractivity contribution in [2.24, 2.45) is 10.9 Å². The Hall–Kier alpha value is -0.810. The first-order valence-electron chi connectivity index (χ1n) is 8.36. The average molecular weight is 296 g/mol. The van der Waals surface area contributed by atoms with Crippen LogP contribution >= 0.6 is 0 Å². The van der Waals surface area contributed by atoms with E-state index in [1.165, 1.54) is 19.3 Å². The summed E-state index contributed by atoms with van der Waals surface area (Å²) < 4.78 is 5.27. The number of aliphatic imine (C=N–C) groups is 1. The second-order valence-corrected chi connectivity index (χ2v) is 6.59. The molecule has 5 nitrogen and oxygen atoms in total. The summed E-state index contributed by atoms with van der Waals surface area (Å²) in [4.78, 5) is 9.41. The van der Waals surface area contributed by atoms with Gasteiger partial charge in [0, 0.05) is 58.3 Å². The minimum Gasteiger partial charge on any atom is -0.384 e. The monoisotopic (exact) mass is 296 g/mol. The van der Waals surface area contributed by atoms with Crippen molar-refractivity contribution in [1.82, 2.24) is 15.1 Å². The van der Waals surface area contributed by atoms with Gasteiger partial charge >= 0.3 is 0 Å². The maximum absolute atomic E-state index is 5.27. The van der Waals surface area contributed by atoms with E-state index in [4.69, 9.17) is 4.74 Å². The Labute approximate surface area is 129 Å². The summed E-state index contributed by atoms with van der Waals surface area (Å²) in [6.07, 6.45) is 3.95. The van der Waals surface area contributed by atoms with E-state index in [-0.39, 0.29) is 0 Å². The van der Waals surface area contributed by atoms with Gasteiger partial charge in [-0.25, -0.2) is 0 Å². The van der Waals surface area contributed by atoms with Crippen LogP contribution in [0.25, 0.3) is 0 Å². The van der Waals surface area contributed by atoms with Crippen LogP contribution in [-0.2, 0) is 4.74 Å². The zero-order valence-electron chi connectivity index (χ0n) is 14.1. The Kier molecular flexibility index (Phi) is 6.30. The molecule has 0 radical (unpaired) electrons. The molecule has 0 amide bonds. The van der Waals surface area contributed by atoms with Gasteiger partial charge in [0.2, 0.25) is 0 Å². The molecule has 1 saturated heterocycles. The maximum Gasteiger partial charge on any atom is 0.193 e. The third-order valence-electron chi connectivity index (χ3n) is 4.53. The average Bonchev–Trinajstić information content (AvgIpc) is 3.18. The molecule has 1 aliphatic heterocycles. The van der Waals surface area contributed by atoms with Gasteiger partial charge in [0.25, 0.3) is 0 Å². The van der Waals surface area contributed by atoms with Crippen LogP contribution in [0.5, 0.6) is 0 Å². The number of nitrogens with one attached hydrogen (secondary N) is 1. The third kappa shape index (κ3) is 4.85. The van der Waals surface area contributed by atoms with Crippen LogP contribution < -0.4 is 5.32 Å². The Bertz CT molecular complexity index is 339. The summed E-state index contributed by atoms with van der Waals surface area (Å²) in [5.74, 6) is 1.69. The Balaban J connectivity index is 1.73. The first-order chi connectivity index (χ1) is 10.2. The van der Waals surface area contributed by atoms with Crippen LogP contribution in [0.1, 0.15) is 33.1 Å². The van der Waals surface area contributed by atoms with Crippen LogP contribution in [0.15, 0.2) is 4.99 Å². The summed E-state index contributed by atoms with van der Waals surface area (Å²) in [6, 6.07) is 1.46. The Morgan fingerprint density at radius 2 is 2.14 bits per heavy atom. The third-order valence-corrected chi connectivity index (χ3v) is 4.53. The fourth-order valence-corrected chi connectivity index (χ4v) is 3.29. The van der Waals surface area contributed by atoms with E-state index in [0.29, 0.717) is 12.0 Å². The van der Waals surface area contributed by atoms with Crippen molar-refractivity contribution in [3.63, 3.8) is 0 Å². The summed E-state index contributed by atoms with van der Waals surface area (Å²) in [7, 11) is 3.67. The Morgan fingerprint density at radius 3 is 2.71 bits per heavy atom. The van der Waals surface area contributed by atoms with Crippen LogP contribution in [0, 0.1) is 5.92 Å². The summed E-state index contributed by atoms with van der Waals surface area (Å²) >= 11 is 0. The fourth-order valence-electron chi connectivity index (χ4n) is 3.29. The lowest BCUT2D eigenvalue weighted by molar-refractivity contribution is 0.157. The second kappa shape index (κ2) is 7.99. The fraction of sp³-hybridized carbons (Fsp3) is 0.938. The van der Waals surface area contributed by atoms with E-state index in [2.05, 4.69) is 34.0 Å². The van der Waals surface area contributed by atoms with E-state index < -0.39 is 0 Å². The quantitative estimate of drug-likeness (QED) is 0.569. The lowest BCUT2D eigenvalue weighted by Crippen LogP contribution is -2.45. The topological polar surface area (TPSA) is 40.1 Å². The van der Waals surface area contributed by atoms with Crippen molar-refractivity contribution in [3.05, 3.63) is 0 Å². The first-order valence-corrected chi connectivity index (χ1v) is 8.36. The lowest BCUT2D eigenvalue weighted by atomic mass is 10.1. The molecule has 21 heavy (non-hydrogen) atoms. The van der Waals surface area contributed by atoms with E-state index in [1.54, 1.807) is 7.11 Å². The molecule has 1 N–H and O–H groups in total. The number of ether oxygens (including phenoxy) is 1. The number of rotatable bonds is 7. The highest BCUT2D eigenvalue weighted by atomic mass is 16.5. The van der Waals surface area contributed by atoms with Gasteiger partial charge in [-0.15, -0.1) is 0 Å². The van der Waals surface area contributed by atoms with Crippen molar-refractivity contribution in [1.29, 1.82) is 0 Å². The highest BCUT2D eigenvalue weighted by molar-refractivity contribution is 5.80. The van der Waals surface area contributed by atoms with Crippen molar-refractivity contribution in [2.45, 2.75) is 45.2 Å². The predicted octanol–water partition coefficient (Wildman–Crippen LogP) is 1.40. The molecule has 1 saturated carbocycles. The molecule has 122 valence electrons. The SMILES string of the molecule is CN=C(NCCN(C(C)C)C1CC1)N1CCC(COC)C1. The zero-order valence-corrected chi connectivity index (χ0v) is 14.1. The minimum absolute atomic E-state index is 0.638. The molecule has 5 heteroatoms. The second-order valence-electron chi connectivity index (χ2n) is 6.59. The van der Waals surface area contributed by atoms with Gasteiger partial charge < -0.3 is 15.0 Å². The van der Waals surface area contributed by atoms with Gasteiger partial charge in [0.15, 0.2) is 5.96 Å². The van der Waals surface area contributed by atoms with Gasteiger partial charge in [-0.1, -0.05) is 0 Å². The first kappa shape index (κ1) is 16.6. The molecule has 1 heterocycles. The Morgan fingerprint density at radius 1 is 1.38 bits per heavy atom. The number of nitrogens with zero attached hydrogens (tertiary/aromatic N) is 3. The number of hydrogen-bond donors (Lipinski definition) is 1. The number of likely N-dealkylation sites (tertiary alicyclic amines) is 1. The molecule has 0 aromatic carbocycles. The molecule has 1 unspecified atom stereocenters. The largest absolute Gasteiger partial charge is 0.384 e.